The van der Waals surface area contributed by atoms with Gasteiger partial charge in [0.05, 0.1) is 5.57 Å². The third kappa shape index (κ3) is 1.89. The van der Waals surface area contributed by atoms with Crippen molar-refractivity contribution in [2.24, 2.45) is 5.73 Å². The van der Waals surface area contributed by atoms with E-state index in [9.17, 15) is 4.79 Å². The highest BCUT2D eigenvalue weighted by Crippen LogP contribution is 2.38. The minimum absolute atomic E-state index is 0.378. The Bertz CT molecular complexity index is 684. The maximum Gasteiger partial charge on any atom is 0.249 e. The number of amides is 1. The van der Waals surface area contributed by atoms with Crippen LogP contribution in [-0.2, 0) is 11.2 Å². The number of nitrogens with two attached hydrogens (primary N) is 2. The highest BCUT2D eigenvalue weighted by molar-refractivity contribution is 6.28. The maximum atomic E-state index is 11.8. The van der Waals surface area contributed by atoms with E-state index in [1.165, 1.54) is 0 Å². The van der Waals surface area contributed by atoms with Crippen molar-refractivity contribution in [1.29, 1.82) is 0 Å². The molecule has 94 valence electrons. The van der Waals surface area contributed by atoms with Crippen LogP contribution in [0.25, 0.3) is 11.1 Å². The molecule has 0 atom stereocenters. The number of allylic oxidation sites excluding steroid dienone is 1. The molecule has 3 heteroatoms. The number of hydrogen-bond acceptors (Lipinski definition) is 2. The Labute approximate surface area is 111 Å². The summed E-state index contributed by atoms with van der Waals surface area (Å²) in [4.78, 5) is 11.8. The number of fused-ring (bicyclic) bond motifs is 1. The van der Waals surface area contributed by atoms with Crippen LogP contribution in [0.1, 0.15) is 16.7 Å². The van der Waals surface area contributed by atoms with Crippen LogP contribution in [0.3, 0.4) is 0 Å². The fourth-order valence-corrected chi connectivity index (χ4v) is 2.57. The summed E-state index contributed by atoms with van der Waals surface area (Å²) in [6.07, 6.45) is 0.734. The first-order chi connectivity index (χ1) is 9.16. The number of carbonyl (C=O) groups is 1. The van der Waals surface area contributed by atoms with Gasteiger partial charge in [0.15, 0.2) is 0 Å². The van der Waals surface area contributed by atoms with E-state index in [4.69, 9.17) is 11.5 Å². The molecule has 0 bridgehead atoms. The van der Waals surface area contributed by atoms with Gasteiger partial charge in [-0.1, -0.05) is 36.4 Å². The number of nitrogen functional groups attached to an aromatic ring is 1. The molecule has 19 heavy (non-hydrogen) atoms. The quantitative estimate of drug-likeness (QED) is 0.802. The van der Waals surface area contributed by atoms with Crippen LogP contribution in [0.4, 0.5) is 5.69 Å². The molecule has 1 aliphatic rings. The van der Waals surface area contributed by atoms with Gasteiger partial charge in [0.25, 0.3) is 0 Å². The summed E-state index contributed by atoms with van der Waals surface area (Å²) < 4.78 is 0. The molecule has 0 saturated carbocycles. The first-order valence-electron chi connectivity index (χ1n) is 6.14. The maximum absolute atomic E-state index is 11.8. The molecule has 1 aliphatic carbocycles. The summed E-state index contributed by atoms with van der Waals surface area (Å²) in [6, 6.07) is 15.4. The van der Waals surface area contributed by atoms with Crippen molar-refractivity contribution >= 4 is 22.7 Å². The van der Waals surface area contributed by atoms with Crippen molar-refractivity contribution in [3.05, 3.63) is 65.2 Å². The molecule has 1 amide bonds. The van der Waals surface area contributed by atoms with Gasteiger partial charge in [-0.3, -0.25) is 4.79 Å². The highest BCUT2D eigenvalue weighted by Gasteiger charge is 2.25. The lowest BCUT2D eigenvalue weighted by Gasteiger charge is -2.06. The van der Waals surface area contributed by atoms with Crippen molar-refractivity contribution in [2.75, 3.05) is 5.73 Å². The Kier molecular flexibility index (Phi) is 2.60. The average molecular weight is 250 g/mol. The van der Waals surface area contributed by atoms with Gasteiger partial charge in [0, 0.05) is 5.69 Å². The summed E-state index contributed by atoms with van der Waals surface area (Å²) in [5, 5.41) is 0. The zero-order chi connectivity index (χ0) is 13.4. The van der Waals surface area contributed by atoms with E-state index < -0.39 is 0 Å². The molecule has 3 nitrogen and oxygen atoms in total. The Morgan fingerprint density at radius 2 is 1.68 bits per heavy atom. The molecule has 0 spiro atoms. The summed E-state index contributed by atoms with van der Waals surface area (Å²) >= 11 is 0. The fraction of sp³-hybridized carbons (Fsp3) is 0.0625. The SMILES string of the molecule is NC(=O)C1=C(c2ccc(N)cc2)Cc2ccccc21. The monoisotopic (exact) mass is 250 g/mol. The van der Waals surface area contributed by atoms with Crippen molar-refractivity contribution in [1.82, 2.24) is 0 Å². The molecule has 0 heterocycles. The lowest BCUT2D eigenvalue weighted by molar-refractivity contribution is -0.112. The molecule has 0 fully saturated rings. The second kappa shape index (κ2) is 4.28. The zero-order valence-electron chi connectivity index (χ0n) is 10.4. The van der Waals surface area contributed by atoms with E-state index in [2.05, 4.69) is 0 Å². The van der Waals surface area contributed by atoms with Gasteiger partial charge < -0.3 is 11.5 Å². The van der Waals surface area contributed by atoms with E-state index in [0.717, 1.165) is 28.7 Å². The normalized spacial score (nSPS) is 13.5. The Balaban J connectivity index is 2.17. The van der Waals surface area contributed by atoms with Gasteiger partial charge in [-0.25, -0.2) is 0 Å². The molecule has 0 aliphatic heterocycles. The van der Waals surface area contributed by atoms with E-state index in [1.54, 1.807) is 0 Å². The molecule has 4 N–H and O–H groups in total. The number of anilines is 1. The lowest BCUT2D eigenvalue weighted by Crippen LogP contribution is -2.13. The lowest BCUT2D eigenvalue weighted by atomic mass is 10.00. The minimum atomic E-state index is -0.378. The summed E-state index contributed by atoms with van der Waals surface area (Å²) in [5.74, 6) is -0.378. The number of primary amides is 1. The van der Waals surface area contributed by atoms with Gasteiger partial charge in [-0.2, -0.15) is 0 Å². The van der Waals surface area contributed by atoms with Crippen molar-refractivity contribution in [3.63, 3.8) is 0 Å². The average Bonchev–Trinajstić information content (AvgIpc) is 2.78. The van der Waals surface area contributed by atoms with Gasteiger partial charge in [-0.15, -0.1) is 0 Å². The van der Waals surface area contributed by atoms with Crippen LogP contribution in [0, 0.1) is 0 Å². The van der Waals surface area contributed by atoms with Gasteiger partial charge in [0.2, 0.25) is 5.91 Å². The van der Waals surface area contributed by atoms with Crippen molar-refractivity contribution < 1.29 is 4.79 Å². The molecule has 0 radical (unpaired) electrons. The van der Waals surface area contributed by atoms with Gasteiger partial charge in [0.1, 0.15) is 0 Å². The molecule has 3 rings (SSSR count). The van der Waals surface area contributed by atoms with Crippen molar-refractivity contribution in [3.8, 4) is 0 Å². The van der Waals surface area contributed by atoms with Crippen LogP contribution < -0.4 is 11.5 Å². The minimum Gasteiger partial charge on any atom is -0.399 e. The number of rotatable bonds is 2. The van der Waals surface area contributed by atoms with Crippen LogP contribution in [-0.4, -0.2) is 5.91 Å². The van der Waals surface area contributed by atoms with Crippen LogP contribution in [0.15, 0.2) is 48.5 Å². The number of hydrogen-bond donors (Lipinski definition) is 2. The smallest absolute Gasteiger partial charge is 0.249 e. The largest absolute Gasteiger partial charge is 0.399 e. The topological polar surface area (TPSA) is 69.1 Å². The second-order valence-electron chi connectivity index (χ2n) is 4.67. The van der Waals surface area contributed by atoms with Gasteiger partial charge in [-0.05, 0) is 40.8 Å². The van der Waals surface area contributed by atoms with E-state index in [0.29, 0.717) is 11.3 Å². The zero-order valence-corrected chi connectivity index (χ0v) is 10.4. The molecule has 0 saturated heterocycles. The molecule has 2 aromatic carbocycles. The van der Waals surface area contributed by atoms with E-state index in [-0.39, 0.29) is 5.91 Å². The van der Waals surface area contributed by atoms with Crippen LogP contribution in [0.2, 0.25) is 0 Å². The second-order valence-corrected chi connectivity index (χ2v) is 4.67. The Hall–Kier alpha value is -2.55. The fourth-order valence-electron chi connectivity index (χ4n) is 2.57. The highest BCUT2D eigenvalue weighted by atomic mass is 16.1. The molecular formula is C16H14N2O. The first-order valence-corrected chi connectivity index (χ1v) is 6.14. The molecule has 0 aromatic heterocycles. The van der Waals surface area contributed by atoms with Crippen LogP contribution in [0.5, 0.6) is 0 Å². The molecular weight excluding hydrogens is 236 g/mol. The third-order valence-electron chi connectivity index (χ3n) is 3.46. The first kappa shape index (κ1) is 11.5. The Morgan fingerprint density at radius 3 is 2.37 bits per heavy atom. The van der Waals surface area contributed by atoms with Crippen LogP contribution >= 0.6 is 0 Å². The predicted molar refractivity (Wildman–Crippen MR) is 77.0 cm³/mol. The standard InChI is InChI=1S/C16H14N2O/c17-12-7-5-10(6-8-12)14-9-11-3-1-2-4-13(11)15(14)16(18)19/h1-8H,9,17H2,(H2,18,19). The van der Waals surface area contributed by atoms with Crippen molar-refractivity contribution in [2.45, 2.75) is 6.42 Å². The van der Waals surface area contributed by atoms with E-state index >= 15 is 0 Å². The number of benzene rings is 2. The summed E-state index contributed by atoms with van der Waals surface area (Å²) in [7, 11) is 0. The predicted octanol–water partition coefficient (Wildman–Crippen LogP) is 2.22. The van der Waals surface area contributed by atoms with Gasteiger partial charge >= 0.3 is 0 Å². The third-order valence-corrected chi connectivity index (χ3v) is 3.46. The van der Waals surface area contributed by atoms with E-state index in [1.807, 2.05) is 48.5 Å². The summed E-state index contributed by atoms with van der Waals surface area (Å²) in [6.45, 7) is 0. The number of carbonyl (C=O) groups excluding carboxylic acids is 1. The molecule has 0 unspecified atom stereocenters. The summed E-state index contributed by atoms with van der Waals surface area (Å²) in [5.41, 5.74) is 16.6. The Morgan fingerprint density at radius 1 is 1.00 bits per heavy atom. The molecule has 2 aromatic rings.